The highest BCUT2D eigenvalue weighted by atomic mass is 32.1. The van der Waals surface area contributed by atoms with E-state index in [0.717, 1.165) is 16.6 Å². The molecule has 3 N–H and O–H groups in total. The third-order valence-corrected chi connectivity index (χ3v) is 3.90. The fourth-order valence-electron chi connectivity index (χ4n) is 1.81. The zero-order chi connectivity index (χ0) is 14.5. The highest BCUT2D eigenvalue weighted by molar-refractivity contribution is 7.18. The minimum Gasteiger partial charge on any atom is -0.329 e. The van der Waals surface area contributed by atoms with Gasteiger partial charge in [-0.25, -0.2) is 10.8 Å². The van der Waals surface area contributed by atoms with Crippen molar-refractivity contribution in [2.24, 2.45) is 5.84 Å². The highest BCUT2D eigenvalue weighted by Gasteiger charge is 2.16. The second-order valence-corrected chi connectivity index (χ2v) is 5.09. The molecule has 8 heteroatoms. The van der Waals surface area contributed by atoms with Crippen LogP contribution >= 0.6 is 11.3 Å². The second-order valence-electron chi connectivity index (χ2n) is 3.97. The first-order chi connectivity index (χ1) is 9.73. The quantitative estimate of drug-likeness (QED) is 0.485. The zero-order valence-electron chi connectivity index (χ0n) is 10.9. The Hall–Kier alpha value is -2.42. The molecule has 2 rings (SSSR count). The molecular formula is C12H13N7S. The predicted molar refractivity (Wildman–Crippen MR) is 78.0 cm³/mol. The number of thiophene rings is 1. The number of aryl methyl sites for hydroxylation is 1. The van der Waals surface area contributed by atoms with Crippen molar-refractivity contribution in [2.45, 2.75) is 13.3 Å². The molecule has 0 bridgehead atoms. The van der Waals surface area contributed by atoms with Gasteiger partial charge in [0, 0.05) is 4.88 Å². The fourth-order valence-corrected chi connectivity index (χ4v) is 2.77. The first-order valence-electron chi connectivity index (χ1n) is 5.99. The van der Waals surface area contributed by atoms with Crippen LogP contribution in [0, 0.1) is 22.7 Å². The van der Waals surface area contributed by atoms with E-state index in [1.807, 2.05) is 18.2 Å². The molecule has 0 saturated heterocycles. The Morgan fingerprint density at radius 3 is 2.60 bits per heavy atom. The molecule has 2 heterocycles. The van der Waals surface area contributed by atoms with Gasteiger partial charge in [-0.05, 0) is 12.5 Å². The van der Waals surface area contributed by atoms with E-state index in [1.54, 1.807) is 16.2 Å². The second kappa shape index (κ2) is 6.15. The van der Waals surface area contributed by atoms with Crippen molar-refractivity contribution in [3.8, 4) is 12.1 Å². The van der Waals surface area contributed by atoms with Crippen LogP contribution in [0.1, 0.15) is 11.8 Å². The molecule has 0 aliphatic rings. The molecule has 0 spiro atoms. The van der Waals surface area contributed by atoms with E-state index in [1.165, 1.54) is 4.88 Å². The molecule has 0 radical (unpaired) electrons. The minimum absolute atomic E-state index is 0.0843. The number of nitrogen functional groups attached to an aromatic ring is 1. The van der Waals surface area contributed by atoms with E-state index in [2.05, 4.69) is 22.3 Å². The summed E-state index contributed by atoms with van der Waals surface area (Å²) in [5.41, 5.74) is 2.42. The molecule has 102 valence electrons. The standard InChI is InChI=1S/C12H13N7S/c1-2-8-7-9-10(19(5-3-13)6-4-14)16-12(18-15)17-11(9)20-8/h7H,2,5-6,15H2,1H3,(H,16,17,18). The van der Waals surface area contributed by atoms with Crippen molar-refractivity contribution in [1.82, 2.24) is 9.97 Å². The van der Waals surface area contributed by atoms with Gasteiger partial charge in [-0.3, -0.25) is 5.43 Å². The first kappa shape index (κ1) is 14.0. The lowest BCUT2D eigenvalue weighted by molar-refractivity contribution is 0.937. The topological polar surface area (TPSA) is 115 Å². The maximum absolute atomic E-state index is 8.89. The Morgan fingerprint density at radius 1 is 1.35 bits per heavy atom. The summed E-state index contributed by atoms with van der Waals surface area (Å²) in [6.45, 7) is 2.23. The molecule has 0 saturated carbocycles. The third-order valence-electron chi connectivity index (χ3n) is 2.72. The van der Waals surface area contributed by atoms with Crippen LogP contribution in [0.15, 0.2) is 6.07 Å². The highest BCUT2D eigenvalue weighted by Crippen LogP contribution is 2.32. The van der Waals surface area contributed by atoms with Gasteiger partial charge in [-0.1, -0.05) is 6.92 Å². The molecule has 0 unspecified atom stereocenters. The van der Waals surface area contributed by atoms with Crippen LogP contribution in [0.3, 0.4) is 0 Å². The van der Waals surface area contributed by atoms with Crippen molar-refractivity contribution >= 4 is 33.3 Å². The van der Waals surface area contributed by atoms with Crippen molar-refractivity contribution in [3.63, 3.8) is 0 Å². The Kier molecular flexibility index (Phi) is 4.31. The molecule has 0 amide bonds. The molecule has 20 heavy (non-hydrogen) atoms. The number of rotatable bonds is 5. The van der Waals surface area contributed by atoms with Crippen LogP contribution in [-0.4, -0.2) is 23.1 Å². The van der Waals surface area contributed by atoms with Crippen LogP contribution in [0.5, 0.6) is 0 Å². The van der Waals surface area contributed by atoms with E-state index >= 15 is 0 Å². The van der Waals surface area contributed by atoms with Crippen LogP contribution in [0.4, 0.5) is 11.8 Å². The third kappa shape index (κ3) is 2.62. The maximum Gasteiger partial charge on any atom is 0.240 e. The lowest BCUT2D eigenvalue weighted by Gasteiger charge is -2.18. The van der Waals surface area contributed by atoms with E-state index in [9.17, 15) is 0 Å². The summed E-state index contributed by atoms with van der Waals surface area (Å²) in [7, 11) is 0. The first-order valence-corrected chi connectivity index (χ1v) is 6.81. The van der Waals surface area contributed by atoms with Gasteiger partial charge in [0.25, 0.3) is 0 Å². The van der Waals surface area contributed by atoms with Gasteiger partial charge in [-0.15, -0.1) is 11.3 Å². The minimum atomic E-state index is 0.0843. The van der Waals surface area contributed by atoms with Gasteiger partial charge in [0.2, 0.25) is 5.95 Å². The number of nitrogens with zero attached hydrogens (tertiary/aromatic N) is 5. The summed E-state index contributed by atoms with van der Waals surface area (Å²) < 4.78 is 0. The number of fused-ring (bicyclic) bond motifs is 1. The lowest BCUT2D eigenvalue weighted by Crippen LogP contribution is -2.25. The molecule has 0 fully saturated rings. The summed E-state index contributed by atoms with van der Waals surface area (Å²) in [6.07, 6.45) is 0.891. The maximum atomic E-state index is 8.89. The Labute approximate surface area is 120 Å². The van der Waals surface area contributed by atoms with Crippen LogP contribution < -0.4 is 16.2 Å². The largest absolute Gasteiger partial charge is 0.329 e. The molecular weight excluding hydrogens is 274 g/mol. The van der Waals surface area contributed by atoms with Gasteiger partial charge < -0.3 is 4.90 Å². The van der Waals surface area contributed by atoms with Crippen LogP contribution in [0.2, 0.25) is 0 Å². The van der Waals surface area contributed by atoms with Gasteiger partial charge >= 0.3 is 0 Å². The summed E-state index contributed by atoms with van der Waals surface area (Å²) in [5, 5.41) is 18.6. The summed E-state index contributed by atoms with van der Waals surface area (Å²) in [4.78, 5) is 12.2. The van der Waals surface area contributed by atoms with Crippen molar-refractivity contribution in [2.75, 3.05) is 23.4 Å². The number of nitrogens with one attached hydrogen (secondary N) is 1. The average molecular weight is 287 g/mol. The predicted octanol–water partition coefficient (Wildman–Crippen LogP) is 1.39. The smallest absolute Gasteiger partial charge is 0.240 e. The molecule has 0 aliphatic carbocycles. The molecule has 0 atom stereocenters. The molecule has 0 aliphatic heterocycles. The number of aromatic nitrogens is 2. The molecule has 2 aromatic rings. The van der Waals surface area contributed by atoms with E-state index < -0.39 is 0 Å². The van der Waals surface area contributed by atoms with Gasteiger partial charge in [-0.2, -0.15) is 15.5 Å². The van der Waals surface area contributed by atoms with E-state index in [4.69, 9.17) is 16.4 Å². The number of hydrogen-bond acceptors (Lipinski definition) is 8. The van der Waals surface area contributed by atoms with Crippen molar-refractivity contribution in [3.05, 3.63) is 10.9 Å². The molecule has 2 aromatic heterocycles. The average Bonchev–Trinajstić information content (AvgIpc) is 2.89. The van der Waals surface area contributed by atoms with Crippen molar-refractivity contribution in [1.29, 1.82) is 10.5 Å². The number of nitriles is 2. The molecule has 7 nitrogen and oxygen atoms in total. The number of anilines is 2. The van der Waals surface area contributed by atoms with Gasteiger partial charge in [0.1, 0.15) is 23.7 Å². The number of hydrazine groups is 1. The van der Waals surface area contributed by atoms with Crippen LogP contribution in [-0.2, 0) is 6.42 Å². The lowest BCUT2D eigenvalue weighted by atomic mass is 10.3. The van der Waals surface area contributed by atoms with E-state index in [-0.39, 0.29) is 19.0 Å². The van der Waals surface area contributed by atoms with Crippen molar-refractivity contribution < 1.29 is 0 Å². The van der Waals surface area contributed by atoms with Crippen LogP contribution in [0.25, 0.3) is 10.2 Å². The normalized spacial score (nSPS) is 10.0. The van der Waals surface area contributed by atoms with E-state index in [0.29, 0.717) is 5.82 Å². The zero-order valence-corrected chi connectivity index (χ0v) is 11.7. The monoisotopic (exact) mass is 287 g/mol. The summed E-state index contributed by atoms with van der Waals surface area (Å²) in [5.74, 6) is 6.21. The SMILES string of the molecule is CCc1cc2c(N(CC#N)CC#N)nc(NN)nc2s1. The van der Waals surface area contributed by atoms with Gasteiger partial charge in [0.05, 0.1) is 17.5 Å². The summed E-state index contributed by atoms with van der Waals surface area (Å²) in [6, 6.07) is 6.08. The summed E-state index contributed by atoms with van der Waals surface area (Å²) >= 11 is 1.56. The number of nitrogens with two attached hydrogens (primary N) is 1. The molecule has 0 aromatic carbocycles. The Balaban J connectivity index is 2.62. The Bertz CT molecular complexity index is 678. The Morgan fingerprint density at radius 2 is 2.05 bits per heavy atom. The van der Waals surface area contributed by atoms with Gasteiger partial charge in [0.15, 0.2) is 0 Å². The fraction of sp³-hybridized carbons (Fsp3) is 0.333. The number of hydrogen-bond donors (Lipinski definition) is 2.